The number of morpholine rings is 1. The summed E-state index contributed by atoms with van der Waals surface area (Å²) in [4.78, 5) is 26.7. The largest absolute Gasteiger partial charge is 0.379 e. The fraction of sp³-hybridized carbons (Fsp3) is 0.200. The molecule has 1 amide bonds. The molecule has 2 N–H and O–H groups in total. The number of carbonyl (C=O) groups excluding carboxylic acids is 1. The van der Waals surface area contributed by atoms with Crippen LogP contribution in [0.2, 0.25) is 0 Å². The summed E-state index contributed by atoms with van der Waals surface area (Å²) in [6.07, 6.45) is 1.76. The van der Waals surface area contributed by atoms with Gasteiger partial charge in [0.25, 0.3) is 5.91 Å². The first-order valence-electron chi connectivity index (χ1n) is 12.8. The van der Waals surface area contributed by atoms with E-state index in [-0.39, 0.29) is 11.7 Å². The molecule has 1 aromatic heterocycles. The fourth-order valence-corrected chi connectivity index (χ4v) is 4.73. The first-order chi connectivity index (χ1) is 19.0. The number of anilines is 2. The van der Waals surface area contributed by atoms with Crippen LogP contribution in [-0.4, -0.2) is 52.9 Å². The zero-order valence-electron chi connectivity index (χ0n) is 21.4. The van der Waals surface area contributed by atoms with E-state index >= 15 is 0 Å². The quantitative estimate of drug-likeness (QED) is 0.396. The molecule has 1 saturated heterocycles. The van der Waals surface area contributed by atoms with E-state index in [2.05, 4.69) is 15.7 Å². The Labute approximate surface area is 225 Å². The van der Waals surface area contributed by atoms with E-state index in [4.69, 9.17) is 14.7 Å². The molecule has 4 aromatic rings. The number of ether oxygens (including phenoxy) is 1. The van der Waals surface area contributed by atoms with Gasteiger partial charge < -0.3 is 10.1 Å². The summed E-state index contributed by atoms with van der Waals surface area (Å²) in [5.41, 5.74) is 9.63. The molecule has 0 atom stereocenters. The molecule has 0 bridgehead atoms. The highest BCUT2D eigenvalue weighted by Crippen LogP contribution is 2.33. The normalized spacial score (nSPS) is 15.0. The van der Waals surface area contributed by atoms with Gasteiger partial charge in [0, 0.05) is 52.8 Å². The van der Waals surface area contributed by atoms with Gasteiger partial charge >= 0.3 is 0 Å². The zero-order chi connectivity index (χ0) is 26.8. The standard InChI is InChI=1S/C30H27FN6O2/c1-19-6-11-23-25(16-19)28(24-4-2-3-5-26(24)31)32-17-21-18-33-30(35-27(21)23)34-22-9-7-20(8-10-22)29(38)36-37-12-14-39-15-13-37/h2-11,16,18H,12-15,17H2,1H3,(H,36,38)(H,33,34,35). The lowest BCUT2D eigenvalue weighted by Crippen LogP contribution is -2.48. The van der Waals surface area contributed by atoms with Crippen LogP contribution >= 0.6 is 0 Å². The van der Waals surface area contributed by atoms with Gasteiger partial charge in [0.15, 0.2) is 0 Å². The van der Waals surface area contributed by atoms with E-state index in [0.717, 1.165) is 33.6 Å². The number of hydrogen-bond donors (Lipinski definition) is 2. The van der Waals surface area contributed by atoms with Gasteiger partial charge in [0.2, 0.25) is 5.95 Å². The van der Waals surface area contributed by atoms with E-state index in [9.17, 15) is 9.18 Å². The topological polar surface area (TPSA) is 91.7 Å². The van der Waals surface area contributed by atoms with Crippen molar-refractivity contribution < 1.29 is 13.9 Å². The lowest BCUT2D eigenvalue weighted by molar-refractivity contribution is 0.0126. The number of nitrogens with zero attached hydrogens (tertiary/aromatic N) is 4. The maximum Gasteiger partial charge on any atom is 0.265 e. The summed E-state index contributed by atoms with van der Waals surface area (Å²) < 4.78 is 20.1. The second-order valence-corrected chi connectivity index (χ2v) is 9.50. The SMILES string of the molecule is Cc1ccc2c(c1)C(c1ccccc1F)=NCc1cnc(Nc3ccc(C(=O)NN4CCOCC4)cc3)nc1-2. The van der Waals surface area contributed by atoms with Crippen LogP contribution in [-0.2, 0) is 11.3 Å². The zero-order valence-corrected chi connectivity index (χ0v) is 21.4. The van der Waals surface area contributed by atoms with E-state index in [1.54, 1.807) is 30.5 Å². The molecule has 9 heteroatoms. The van der Waals surface area contributed by atoms with Gasteiger partial charge in [0.1, 0.15) is 5.82 Å². The summed E-state index contributed by atoms with van der Waals surface area (Å²) in [6, 6.07) is 19.9. The fourth-order valence-electron chi connectivity index (χ4n) is 4.73. The minimum atomic E-state index is -0.315. The van der Waals surface area contributed by atoms with Crippen LogP contribution in [0.15, 0.2) is 77.9 Å². The van der Waals surface area contributed by atoms with E-state index in [1.165, 1.54) is 6.07 Å². The molecule has 0 saturated carbocycles. The lowest BCUT2D eigenvalue weighted by Gasteiger charge is -2.26. The first-order valence-corrected chi connectivity index (χ1v) is 12.8. The Bertz CT molecular complexity index is 1560. The van der Waals surface area contributed by atoms with Gasteiger partial charge in [-0.05, 0) is 49.4 Å². The number of hydrogen-bond acceptors (Lipinski definition) is 7. The Kier molecular flexibility index (Phi) is 6.83. The number of aromatic nitrogens is 2. The lowest BCUT2D eigenvalue weighted by atomic mass is 9.93. The van der Waals surface area contributed by atoms with Crippen molar-refractivity contribution in [2.45, 2.75) is 13.5 Å². The smallest absolute Gasteiger partial charge is 0.265 e. The van der Waals surface area contributed by atoms with Gasteiger partial charge in [-0.1, -0.05) is 29.8 Å². The Balaban J connectivity index is 1.26. The van der Waals surface area contributed by atoms with Gasteiger partial charge in [-0.25, -0.2) is 19.4 Å². The maximum atomic E-state index is 14.8. The first kappa shape index (κ1) is 24.8. The average molecular weight is 523 g/mol. The molecule has 1 fully saturated rings. The number of carbonyl (C=O) groups is 1. The third kappa shape index (κ3) is 5.27. The molecular formula is C30H27FN6O2. The Morgan fingerprint density at radius 2 is 1.77 bits per heavy atom. The second-order valence-electron chi connectivity index (χ2n) is 9.50. The monoisotopic (exact) mass is 522 g/mol. The Hall–Kier alpha value is -4.47. The van der Waals surface area contributed by atoms with Crippen molar-refractivity contribution in [3.8, 4) is 11.3 Å². The van der Waals surface area contributed by atoms with Crippen LogP contribution in [0.1, 0.15) is 32.6 Å². The molecular weight excluding hydrogens is 495 g/mol. The van der Waals surface area contributed by atoms with Gasteiger partial charge in [-0.2, -0.15) is 0 Å². The molecule has 8 nitrogen and oxygen atoms in total. The van der Waals surface area contributed by atoms with Gasteiger partial charge in [-0.3, -0.25) is 15.2 Å². The summed E-state index contributed by atoms with van der Waals surface area (Å²) in [5.74, 6) is -0.0624. The van der Waals surface area contributed by atoms with Crippen LogP contribution in [0.4, 0.5) is 16.0 Å². The molecule has 0 spiro atoms. The highest BCUT2D eigenvalue weighted by atomic mass is 19.1. The maximum absolute atomic E-state index is 14.8. The highest BCUT2D eigenvalue weighted by Gasteiger charge is 2.23. The van der Waals surface area contributed by atoms with Crippen LogP contribution in [0.5, 0.6) is 0 Å². The molecule has 39 heavy (non-hydrogen) atoms. The second kappa shape index (κ2) is 10.7. The predicted molar refractivity (Wildman–Crippen MR) is 148 cm³/mol. The van der Waals surface area contributed by atoms with E-state index in [0.29, 0.717) is 55.6 Å². The van der Waals surface area contributed by atoms with Crippen molar-refractivity contribution in [2.75, 3.05) is 31.6 Å². The molecule has 6 rings (SSSR count). The number of halogens is 1. The van der Waals surface area contributed by atoms with Crippen molar-refractivity contribution in [1.29, 1.82) is 0 Å². The third-order valence-corrected chi connectivity index (χ3v) is 6.76. The molecule has 2 aliphatic heterocycles. The summed E-state index contributed by atoms with van der Waals surface area (Å²) in [5, 5.41) is 5.10. The van der Waals surface area contributed by atoms with Gasteiger partial charge in [-0.15, -0.1) is 0 Å². The summed E-state index contributed by atoms with van der Waals surface area (Å²) in [6.45, 7) is 4.87. The highest BCUT2D eigenvalue weighted by molar-refractivity contribution is 6.17. The van der Waals surface area contributed by atoms with Crippen molar-refractivity contribution >= 4 is 23.3 Å². The van der Waals surface area contributed by atoms with Crippen LogP contribution in [0, 0.1) is 12.7 Å². The predicted octanol–water partition coefficient (Wildman–Crippen LogP) is 4.66. The van der Waals surface area contributed by atoms with Crippen LogP contribution in [0.3, 0.4) is 0 Å². The number of benzene rings is 3. The molecule has 3 heterocycles. The number of hydrazine groups is 1. The van der Waals surface area contributed by atoms with Crippen molar-refractivity contribution in [2.24, 2.45) is 4.99 Å². The van der Waals surface area contributed by atoms with Crippen molar-refractivity contribution in [3.63, 3.8) is 0 Å². The minimum Gasteiger partial charge on any atom is -0.379 e. The summed E-state index contributed by atoms with van der Waals surface area (Å²) >= 11 is 0. The third-order valence-electron chi connectivity index (χ3n) is 6.76. The number of amides is 1. The number of aliphatic imine (C=N–C) groups is 1. The Morgan fingerprint density at radius 1 is 0.974 bits per heavy atom. The molecule has 196 valence electrons. The number of aryl methyl sites for hydroxylation is 1. The number of rotatable bonds is 5. The number of fused-ring (bicyclic) bond motifs is 3. The van der Waals surface area contributed by atoms with Crippen LogP contribution < -0.4 is 10.7 Å². The van der Waals surface area contributed by atoms with Crippen molar-refractivity contribution in [1.82, 2.24) is 20.4 Å². The molecule has 3 aromatic carbocycles. The molecule has 0 aliphatic carbocycles. The summed E-state index contributed by atoms with van der Waals surface area (Å²) in [7, 11) is 0. The molecule has 0 unspecified atom stereocenters. The Morgan fingerprint density at radius 3 is 2.56 bits per heavy atom. The van der Waals surface area contributed by atoms with Crippen molar-refractivity contribution in [3.05, 3.63) is 107 Å². The number of nitrogens with one attached hydrogen (secondary N) is 2. The average Bonchev–Trinajstić information content (AvgIpc) is 3.10. The molecule has 2 aliphatic rings. The minimum absolute atomic E-state index is 0.165. The molecule has 0 radical (unpaired) electrons. The van der Waals surface area contributed by atoms with Crippen LogP contribution in [0.25, 0.3) is 11.3 Å². The van der Waals surface area contributed by atoms with Gasteiger partial charge in [0.05, 0.1) is 31.2 Å². The van der Waals surface area contributed by atoms with E-state index < -0.39 is 0 Å². The van der Waals surface area contributed by atoms with E-state index in [1.807, 2.05) is 48.3 Å².